The highest BCUT2D eigenvalue weighted by Gasteiger charge is 2.60. The topological polar surface area (TPSA) is 0 Å². The van der Waals surface area contributed by atoms with Crippen LogP contribution in [0, 0.1) is 29.6 Å². The second-order valence-corrected chi connectivity index (χ2v) is 10.4. The summed E-state index contributed by atoms with van der Waals surface area (Å²) >= 11 is 15.3. The van der Waals surface area contributed by atoms with Gasteiger partial charge in [-0.3, -0.25) is 0 Å². The molecule has 7 unspecified atom stereocenters. The van der Waals surface area contributed by atoms with E-state index in [0.29, 0.717) is 9.49 Å². The van der Waals surface area contributed by atoms with Gasteiger partial charge >= 0.3 is 0 Å². The average Bonchev–Trinajstić information content (AvgIpc) is 2.83. The highest BCUT2D eigenvalue weighted by molar-refractivity contribution is 7.82. The normalized spacial score (nSPS) is 56.4. The lowest BCUT2D eigenvalue weighted by molar-refractivity contribution is 0.00745. The monoisotopic (exact) mass is 342 g/mol. The quantitative estimate of drug-likeness (QED) is 0.530. The first kappa shape index (κ1) is 15.6. The van der Waals surface area contributed by atoms with Crippen molar-refractivity contribution in [3.05, 3.63) is 0 Å². The molecule has 4 aliphatic rings. The third-order valence-corrected chi connectivity index (χ3v) is 10.1. The summed E-state index contributed by atoms with van der Waals surface area (Å²) in [7, 11) is 0. The Morgan fingerprint density at radius 2 is 1.57 bits per heavy atom. The molecule has 0 radical (unpaired) electrons. The fourth-order valence-electron chi connectivity index (χ4n) is 6.84. The van der Waals surface area contributed by atoms with Gasteiger partial charge in [-0.1, -0.05) is 12.8 Å². The maximum absolute atomic E-state index is 5.36. The molecule has 0 nitrogen and oxygen atoms in total. The van der Waals surface area contributed by atoms with Crippen LogP contribution in [-0.4, -0.2) is 15.2 Å². The van der Waals surface area contributed by atoms with Crippen LogP contribution in [0.3, 0.4) is 0 Å². The molecule has 0 N–H and O–H groups in total. The van der Waals surface area contributed by atoms with E-state index in [1.54, 1.807) is 0 Å². The Labute approximate surface area is 146 Å². The van der Waals surface area contributed by atoms with E-state index in [4.69, 9.17) is 25.3 Å². The Hall–Kier alpha value is 1.05. The molecule has 7 atom stereocenters. The van der Waals surface area contributed by atoms with Crippen molar-refractivity contribution in [1.82, 2.24) is 0 Å². The molecule has 0 amide bonds. The van der Waals surface area contributed by atoms with E-state index in [-0.39, 0.29) is 0 Å². The molecule has 0 aromatic heterocycles. The van der Waals surface area contributed by atoms with Crippen molar-refractivity contribution in [3.63, 3.8) is 0 Å². The Balaban J connectivity index is 1.62. The number of fused-ring (bicyclic) bond motifs is 5. The molecule has 0 aromatic carbocycles. The second kappa shape index (κ2) is 5.55. The first-order valence-electron chi connectivity index (χ1n) is 9.15. The summed E-state index contributed by atoms with van der Waals surface area (Å²) < 4.78 is 0.671. The molecule has 21 heavy (non-hydrogen) atoms. The second-order valence-electron chi connectivity index (χ2n) is 8.37. The molecule has 0 bridgehead atoms. The van der Waals surface area contributed by atoms with Crippen molar-refractivity contribution in [2.75, 3.05) is 5.75 Å². The zero-order valence-electron chi connectivity index (χ0n) is 13.0. The van der Waals surface area contributed by atoms with Gasteiger partial charge in [-0.25, -0.2) is 0 Å². The number of hydrogen-bond donors (Lipinski definition) is 3. The molecule has 0 spiro atoms. The molecular formula is C18H30S3. The zero-order chi connectivity index (χ0) is 14.7. The molecule has 0 aliphatic heterocycles. The smallest absolute Gasteiger partial charge is 0.0196 e. The summed E-state index contributed by atoms with van der Waals surface area (Å²) in [5, 5.41) is 0. The minimum absolute atomic E-state index is 0.300. The van der Waals surface area contributed by atoms with Gasteiger partial charge in [0.2, 0.25) is 0 Å². The van der Waals surface area contributed by atoms with Gasteiger partial charge in [-0.2, -0.15) is 37.9 Å². The van der Waals surface area contributed by atoms with Gasteiger partial charge in [0.05, 0.1) is 0 Å². The third kappa shape index (κ3) is 2.19. The molecule has 0 aromatic rings. The standard InChI is InChI=1S/C18H30S3/c19-11-13-5-7-15-14-6-4-12-3-1-2-9-17(12,20)16(14)8-10-18(13,15)21/h12-16,19-21H,1-11H2. The molecule has 4 fully saturated rings. The maximum Gasteiger partial charge on any atom is 0.0196 e. The molecule has 4 rings (SSSR count). The lowest BCUT2D eigenvalue weighted by atomic mass is 9.52. The van der Waals surface area contributed by atoms with Crippen molar-refractivity contribution >= 4 is 37.9 Å². The predicted molar refractivity (Wildman–Crippen MR) is 101 cm³/mol. The van der Waals surface area contributed by atoms with E-state index in [1.807, 2.05) is 0 Å². The van der Waals surface area contributed by atoms with Gasteiger partial charge in [0.1, 0.15) is 0 Å². The fourth-order valence-corrected chi connectivity index (χ4v) is 8.90. The zero-order valence-corrected chi connectivity index (χ0v) is 15.7. The summed E-state index contributed by atoms with van der Waals surface area (Å²) in [5.74, 6) is 5.33. The van der Waals surface area contributed by atoms with Crippen LogP contribution in [0.4, 0.5) is 0 Å². The summed E-state index contributed by atoms with van der Waals surface area (Å²) in [4.78, 5) is 0. The number of rotatable bonds is 1. The van der Waals surface area contributed by atoms with Crippen molar-refractivity contribution in [2.24, 2.45) is 29.6 Å². The molecule has 4 saturated carbocycles. The molecule has 3 heteroatoms. The van der Waals surface area contributed by atoms with Crippen molar-refractivity contribution < 1.29 is 0 Å². The Morgan fingerprint density at radius 1 is 0.762 bits per heavy atom. The Morgan fingerprint density at radius 3 is 2.38 bits per heavy atom. The first-order chi connectivity index (χ1) is 10.1. The van der Waals surface area contributed by atoms with E-state index in [1.165, 1.54) is 64.2 Å². The van der Waals surface area contributed by atoms with Crippen LogP contribution >= 0.6 is 37.9 Å². The first-order valence-corrected chi connectivity index (χ1v) is 10.7. The fraction of sp³-hybridized carbons (Fsp3) is 1.00. The SMILES string of the molecule is SCC1CCC2C3CCC4CCCCC4(S)C3CCC12S. The van der Waals surface area contributed by atoms with Crippen molar-refractivity contribution in [2.45, 2.75) is 73.7 Å². The van der Waals surface area contributed by atoms with Crippen LogP contribution in [0.15, 0.2) is 0 Å². The van der Waals surface area contributed by atoms with E-state index in [9.17, 15) is 0 Å². The predicted octanol–water partition coefficient (Wildman–Crippen LogP) is 5.29. The van der Waals surface area contributed by atoms with Crippen LogP contribution in [0.2, 0.25) is 0 Å². The van der Waals surface area contributed by atoms with Gasteiger partial charge in [0, 0.05) is 9.49 Å². The minimum Gasteiger partial charge on any atom is -0.179 e. The Bertz CT molecular complexity index is 411. The highest BCUT2D eigenvalue weighted by Crippen LogP contribution is 2.65. The van der Waals surface area contributed by atoms with Crippen LogP contribution < -0.4 is 0 Å². The lowest BCUT2D eigenvalue weighted by Crippen LogP contribution is -2.56. The summed E-state index contributed by atoms with van der Waals surface area (Å²) in [5.41, 5.74) is 0. The largest absolute Gasteiger partial charge is 0.179 e. The van der Waals surface area contributed by atoms with Crippen LogP contribution in [0.1, 0.15) is 64.2 Å². The molecule has 4 aliphatic carbocycles. The van der Waals surface area contributed by atoms with Crippen molar-refractivity contribution in [1.29, 1.82) is 0 Å². The third-order valence-electron chi connectivity index (χ3n) is 7.86. The van der Waals surface area contributed by atoms with Crippen LogP contribution in [-0.2, 0) is 0 Å². The van der Waals surface area contributed by atoms with Gasteiger partial charge in [-0.05, 0) is 86.7 Å². The van der Waals surface area contributed by atoms with E-state index < -0.39 is 0 Å². The lowest BCUT2D eigenvalue weighted by Gasteiger charge is -2.59. The molecule has 120 valence electrons. The molecule has 0 heterocycles. The van der Waals surface area contributed by atoms with E-state index >= 15 is 0 Å². The summed E-state index contributed by atoms with van der Waals surface area (Å²) in [6.07, 6.45) is 14.1. The summed E-state index contributed by atoms with van der Waals surface area (Å²) in [6, 6.07) is 0. The number of thiol groups is 3. The molecular weight excluding hydrogens is 312 g/mol. The maximum atomic E-state index is 5.36. The Kier molecular flexibility index (Phi) is 4.11. The van der Waals surface area contributed by atoms with Crippen molar-refractivity contribution in [3.8, 4) is 0 Å². The van der Waals surface area contributed by atoms with Gasteiger partial charge < -0.3 is 0 Å². The van der Waals surface area contributed by atoms with Gasteiger partial charge in [0.15, 0.2) is 0 Å². The van der Waals surface area contributed by atoms with Gasteiger partial charge in [-0.15, -0.1) is 0 Å². The van der Waals surface area contributed by atoms with E-state index in [0.717, 1.165) is 35.3 Å². The minimum atomic E-state index is 0.300. The van der Waals surface area contributed by atoms with Crippen LogP contribution in [0.5, 0.6) is 0 Å². The highest BCUT2D eigenvalue weighted by atomic mass is 32.1. The number of hydrogen-bond acceptors (Lipinski definition) is 3. The van der Waals surface area contributed by atoms with E-state index in [2.05, 4.69) is 12.6 Å². The van der Waals surface area contributed by atoms with Crippen LogP contribution in [0.25, 0.3) is 0 Å². The average molecular weight is 343 g/mol. The van der Waals surface area contributed by atoms with Gasteiger partial charge in [0.25, 0.3) is 0 Å². The summed E-state index contributed by atoms with van der Waals surface area (Å²) in [6.45, 7) is 0. The molecule has 0 saturated heterocycles.